The van der Waals surface area contributed by atoms with E-state index in [-0.39, 0.29) is 17.3 Å². The molecule has 2 rings (SSSR count). The van der Waals surface area contributed by atoms with Gasteiger partial charge in [-0.15, -0.1) is 0 Å². The number of nitriles is 1. The van der Waals surface area contributed by atoms with Gasteiger partial charge in [0.15, 0.2) is 11.5 Å². The summed E-state index contributed by atoms with van der Waals surface area (Å²) in [5, 5.41) is 12.4. The van der Waals surface area contributed by atoms with Crippen LogP contribution in [0.5, 0.6) is 0 Å². The van der Waals surface area contributed by atoms with Crippen LogP contribution >= 0.6 is 11.6 Å². The number of hydrogen-bond acceptors (Lipinski definition) is 3. The average molecular weight is 237 g/mol. The molecule has 16 heavy (non-hydrogen) atoms. The van der Waals surface area contributed by atoms with E-state index in [1.807, 2.05) is 6.07 Å². The Kier molecular flexibility index (Phi) is 2.63. The maximum absolute atomic E-state index is 13.3. The summed E-state index contributed by atoms with van der Waals surface area (Å²) in [5.41, 5.74) is 0.972. The van der Waals surface area contributed by atoms with Crippen molar-refractivity contribution >= 4 is 11.6 Å². The molecule has 0 atom stereocenters. The molecule has 0 saturated carbocycles. The van der Waals surface area contributed by atoms with Gasteiger partial charge in [0.25, 0.3) is 0 Å². The van der Waals surface area contributed by atoms with Crippen molar-refractivity contribution in [3.8, 4) is 17.4 Å². The first-order chi connectivity index (χ1) is 7.61. The molecule has 5 heteroatoms. The SMILES string of the molecule is Cc1cc(Cl)c(-c2cc(C#N)no2)cc1F. The summed E-state index contributed by atoms with van der Waals surface area (Å²) in [6, 6.07) is 6.00. The maximum atomic E-state index is 13.3. The zero-order chi connectivity index (χ0) is 11.7. The van der Waals surface area contributed by atoms with Crippen LogP contribution in [0.3, 0.4) is 0 Å². The topological polar surface area (TPSA) is 49.8 Å². The van der Waals surface area contributed by atoms with E-state index < -0.39 is 0 Å². The van der Waals surface area contributed by atoms with Gasteiger partial charge in [-0.05, 0) is 24.6 Å². The number of aromatic nitrogens is 1. The Labute approximate surface area is 96.0 Å². The molecule has 2 aromatic rings. The number of aryl methyl sites for hydroxylation is 1. The molecule has 0 amide bonds. The van der Waals surface area contributed by atoms with Crippen LogP contribution in [-0.2, 0) is 0 Å². The van der Waals surface area contributed by atoms with Crippen LogP contribution in [0.15, 0.2) is 22.7 Å². The van der Waals surface area contributed by atoms with Crippen LogP contribution in [0.4, 0.5) is 4.39 Å². The minimum absolute atomic E-state index is 0.132. The molecule has 1 aromatic carbocycles. The second-order valence-corrected chi connectivity index (χ2v) is 3.68. The van der Waals surface area contributed by atoms with Gasteiger partial charge in [-0.2, -0.15) is 5.26 Å². The summed E-state index contributed by atoms with van der Waals surface area (Å²) < 4.78 is 18.2. The largest absolute Gasteiger partial charge is 0.355 e. The Morgan fingerprint density at radius 1 is 1.44 bits per heavy atom. The van der Waals surface area contributed by atoms with Crippen molar-refractivity contribution in [1.29, 1.82) is 5.26 Å². The van der Waals surface area contributed by atoms with Crippen molar-refractivity contribution in [3.05, 3.63) is 40.3 Å². The van der Waals surface area contributed by atoms with Crippen molar-refractivity contribution in [1.82, 2.24) is 5.16 Å². The fourth-order valence-electron chi connectivity index (χ4n) is 1.29. The lowest BCUT2D eigenvalue weighted by Crippen LogP contribution is -1.85. The van der Waals surface area contributed by atoms with Gasteiger partial charge in [0.2, 0.25) is 0 Å². The Morgan fingerprint density at radius 3 is 2.81 bits per heavy atom. The van der Waals surface area contributed by atoms with Gasteiger partial charge >= 0.3 is 0 Å². The molecule has 0 N–H and O–H groups in total. The van der Waals surface area contributed by atoms with Crippen LogP contribution < -0.4 is 0 Å². The molecule has 3 nitrogen and oxygen atoms in total. The molecule has 0 aliphatic rings. The summed E-state index contributed by atoms with van der Waals surface area (Å²) in [5.74, 6) is -0.102. The Bertz CT molecular complexity index is 586. The zero-order valence-electron chi connectivity index (χ0n) is 8.29. The first kappa shape index (κ1) is 10.7. The highest BCUT2D eigenvalue weighted by atomic mass is 35.5. The van der Waals surface area contributed by atoms with E-state index in [2.05, 4.69) is 5.16 Å². The van der Waals surface area contributed by atoms with E-state index in [0.717, 1.165) is 0 Å². The minimum atomic E-state index is -0.380. The molecule has 0 aliphatic carbocycles. The van der Waals surface area contributed by atoms with Crippen molar-refractivity contribution in [2.75, 3.05) is 0 Å². The predicted octanol–water partition coefficient (Wildman–Crippen LogP) is 3.31. The van der Waals surface area contributed by atoms with Crippen molar-refractivity contribution in [2.24, 2.45) is 0 Å². The van der Waals surface area contributed by atoms with Crippen LogP contribution in [0, 0.1) is 24.1 Å². The molecule has 0 spiro atoms. The maximum Gasteiger partial charge on any atom is 0.184 e. The Balaban J connectivity index is 2.56. The summed E-state index contributed by atoms with van der Waals surface area (Å²) in [6.45, 7) is 1.62. The van der Waals surface area contributed by atoms with Gasteiger partial charge in [-0.1, -0.05) is 16.8 Å². The second-order valence-electron chi connectivity index (χ2n) is 3.27. The van der Waals surface area contributed by atoms with Crippen LogP contribution in [0.2, 0.25) is 5.02 Å². The lowest BCUT2D eigenvalue weighted by molar-refractivity contribution is 0.430. The van der Waals surface area contributed by atoms with E-state index in [1.54, 1.807) is 6.92 Å². The third-order valence-electron chi connectivity index (χ3n) is 2.14. The fourth-order valence-corrected chi connectivity index (χ4v) is 1.60. The van der Waals surface area contributed by atoms with E-state index in [9.17, 15) is 4.39 Å². The standard InChI is InChI=1S/C11H6ClFN2O/c1-6-2-9(12)8(4-10(6)13)11-3-7(5-14)15-16-11/h2-4H,1H3. The third kappa shape index (κ3) is 1.77. The van der Waals surface area contributed by atoms with Crippen molar-refractivity contribution in [3.63, 3.8) is 0 Å². The Morgan fingerprint density at radius 2 is 2.19 bits per heavy atom. The Hall–Kier alpha value is -1.86. The molecule has 0 radical (unpaired) electrons. The summed E-state index contributed by atoms with van der Waals surface area (Å²) in [7, 11) is 0. The summed E-state index contributed by atoms with van der Waals surface area (Å²) in [6.07, 6.45) is 0. The average Bonchev–Trinajstić information content (AvgIpc) is 2.71. The van der Waals surface area contributed by atoms with Gasteiger partial charge in [0, 0.05) is 11.6 Å². The quantitative estimate of drug-likeness (QED) is 0.763. The molecule has 0 aliphatic heterocycles. The van der Waals surface area contributed by atoms with Gasteiger partial charge in [-0.25, -0.2) is 4.39 Å². The van der Waals surface area contributed by atoms with Gasteiger partial charge in [-0.3, -0.25) is 0 Å². The van der Waals surface area contributed by atoms with Crippen molar-refractivity contribution < 1.29 is 8.91 Å². The summed E-state index contributed by atoms with van der Waals surface area (Å²) >= 11 is 5.95. The molecule has 0 saturated heterocycles. The van der Waals surface area contributed by atoms with E-state index in [1.165, 1.54) is 18.2 Å². The molecule has 0 bridgehead atoms. The molecule has 0 fully saturated rings. The van der Waals surface area contributed by atoms with Crippen molar-refractivity contribution in [2.45, 2.75) is 6.92 Å². The number of halogens is 2. The lowest BCUT2D eigenvalue weighted by Gasteiger charge is -2.02. The number of benzene rings is 1. The normalized spacial score (nSPS) is 10.1. The number of hydrogen-bond donors (Lipinski definition) is 0. The molecule has 80 valence electrons. The van der Waals surface area contributed by atoms with Gasteiger partial charge in [0.1, 0.15) is 11.9 Å². The zero-order valence-corrected chi connectivity index (χ0v) is 9.05. The highest BCUT2D eigenvalue weighted by Gasteiger charge is 2.12. The van der Waals surface area contributed by atoms with Crippen LogP contribution in [0.1, 0.15) is 11.3 Å². The molecule has 1 heterocycles. The highest BCUT2D eigenvalue weighted by molar-refractivity contribution is 6.33. The van der Waals surface area contributed by atoms with Gasteiger partial charge < -0.3 is 4.52 Å². The second kappa shape index (κ2) is 3.95. The fraction of sp³-hybridized carbons (Fsp3) is 0.0909. The monoisotopic (exact) mass is 236 g/mol. The van der Waals surface area contributed by atoms with E-state index in [0.29, 0.717) is 16.1 Å². The lowest BCUT2D eigenvalue weighted by atomic mass is 10.1. The van der Waals surface area contributed by atoms with Gasteiger partial charge in [0.05, 0.1) is 5.02 Å². The van der Waals surface area contributed by atoms with E-state index >= 15 is 0 Å². The molecular formula is C11H6ClFN2O. The summed E-state index contributed by atoms with van der Waals surface area (Å²) in [4.78, 5) is 0. The van der Waals surface area contributed by atoms with E-state index in [4.69, 9.17) is 21.4 Å². The van der Waals surface area contributed by atoms with Crippen LogP contribution in [-0.4, -0.2) is 5.16 Å². The van der Waals surface area contributed by atoms with Crippen LogP contribution in [0.25, 0.3) is 11.3 Å². The smallest absolute Gasteiger partial charge is 0.184 e. The predicted molar refractivity (Wildman–Crippen MR) is 56.4 cm³/mol. The number of rotatable bonds is 1. The minimum Gasteiger partial charge on any atom is -0.355 e. The first-order valence-corrected chi connectivity index (χ1v) is 4.82. The third-order valence-corrected chi connectivity index (χ3v) is 2.45. The highest BCUT2D eigenvalue weighted by Crippen LogP contribution is 2.30. The molecule has 0 unspecified atom stereocenters. The number of nitrogens with zero attached hydrogens (tertiary/aromatic N) is 2. The molecule has 1 aromatic heterocycles. The molecular weight excluding hydrogens is 231 g/mol. The first-order valence-electron chi connectivity index (χ1n) is 4.44.